The van der Waals surface area contributed by atoms with Gasteiger partial charge in [-0.05, 0) is 48.2 Å². The number of fused-ring (bicyclic) bond motifs is 1. The van der Waals surface area contributed by atoms with E-state index in [1.54, 1.807) is 35.3 Å². The van der Waals surface area contributed by atoms with E-state index in [-0.39, 0.29) is 17.0 Å². The van der Waals surface area contributed by atoms with Gasteiger partial charge in [-0.15, -0.1) is 0 Å². The Morgan fingerprint density at radius 3 is 2.45 bits per heavy atom. The number of aromatic nitrogens is 5. The minimum Gasteiger partial charge on any atom is -0.266 e. The van der Waals surface area contributed by atoms with Crippen molar-refractivity contribution in [2.45, 2.75) is 38.9 Å². The first-order valence-electron chi connectivity index (χ1n) is 12.0. The lowest BCUT2D eigenvalue weighted by molar-refractivity contribution is -0.138. The Hall–Kier alpha value is -4.21. The molecule has 38 heavy (non-hydrogen) atoms. The number of imidazole rings is 1. The van der Waals surface area contributed by atoms with Crippen molar-refractivity contribution >= 4 is 0 Å². The van der Waals surface area contributed by atoms with Gasteiger partial charge in [0.1, 0.15) is 11.4 Å². The van der Waals surface area contributed by atoms with Gasteiger partial charge in [-0.1, -0.05) is 37.6 Å². The molecule has 0 radical (unpaired) electrons. The van der Waals surface area contributed by atoms with Gasteiger partial charge in [-0.3, -0.25) is 9.67 Å². The summed E-state index contributed by atoms with van der Waals surface area (Å²) in [6.07, 6.45) is 2.12. The smallest absolute Gasteiger partial charge is 0.266 e. The standard InChI is InChI=1S/C28H22F5N5/c1-2-3-5-18-9-10-19(12-21(18)28(31,32)33)23-11-8-17(13-34-23)15-38-16-25-24(14-35-38)36-27(37-25)20-6-4-7-22(29)26(20)30/h4,6-14,16H,2-3,5,15H2,1H3. The fraction of sp³-hybridized carbons (Fsp3) is 0.214. The fourth-order valence-corrected chi connectivity index (χ4v) is 4.21. The van der Waals surface area contributed by atoms with Crippen LogP contribution in [0.25, 0.3) is 34.0 Å². The van der Waals surface area contributed by atoms with E-state index in [1.165, 1.54) is 24.4 Å². The van der Waals surface area contributed by atoms with Crippen molar-refractivity contribution in [2.75, 3.05) is 0 Å². The third-order valence-electron chi connectivity index (χ3n) is 6.19. The Balaban J connectivity index is 1.36. The molecule has 1 aromatic heterocycles. The van der Waals surface area contributed by atoms with Crippen LogP contribution in [-0.2, 0) is 19.1 Å². The van der Waals surface area contributed by atoms with E-state index in [1.807, 2.05) is 6.92 Å². The first-order chi connectivity index (χ1) is 18.2. The van der Waals surface area contributed by atoms with Gasteiger partial charge in [0.15, 0.2) is 17.5 Å². The summed E-state index contributed by atoms with van der Waals surface area (Å²) in [7, 11) is 0. The molecule has 2 aliphatic heterocycles. The largest absolute Gasteiger partial charge is 0.416 e. The van der Waals surface area contributed by atoms with Crippen molar-refractivity contribution in [3.05, 3.63) is 95.4 Å². The zero-order chi connectivity index (χ0) is 26.9. The van der Waals surface area contributed by atoms with E-state index < -0.39 is 23.4 Å². The van der Waals surface area contributed by atoms with Crippen LogP contribution in [0.15, 0.2) is 67.1 Å². The minimum atomic E-state index is -4.44. The summed E-state index contributed by atoms with van der Waals surface area (Å²) in [6.45, 7) is 2.25. The molecule has 0 spiro atoms. The summed E-state index contributed by atoms with van der Waals surface area (Å²) >= 11 is 0. The molecule has 0 bridgehead atoms. The minimum absolute atomic E-state index is 0.0420. The molecule has 0 unspecified atom stereocenters. The van der Waals surface area contributed by atoms with Crippen LogP contribution in [0, 0.1) is 11.6 Å². The third-order valence-corrected chi connectivity index (χ3v) is 6.19. The van der Waals surface area contributed by atoms with E-state index in [4.69, 9.17) is 0 Å². The van der Waals surface area contributed by atoms with Gasteiger partial charge < -0.3 is 0 Å². The van der Waals surface area contributed by atoms with Crippen molar-refractivity contribution in [3.63, 3.8) is 0 Å². The molecule has 2 aromatic carbocycles. The Bertz CT molecular complexity index is 1540. The Morgan fingerprint density at radius 1 is 0.895 bits per heavy atom. The fourth-order valence-electron chi connectivity index (χ4n) is 4.21. The van der Waals surface area contributed by atoms with E-state index in [2.05, 4.69) is 20.1 Å². The number of hydrogen-bond acceptors (Lipinski definition) is 4. The van der Waals surface area contributed by atoms with Crippen LogP contribution in [0.2, 0.25) is 0 Å². The average Bonchev–Trinajstić information content (AvgIpc) is 3.32. The summed E-state index contributed by atoms with van der Waals surface area (Å²) < 4.78 is 70.3. The molecule has 0 N–H and O–H groups in total. The van der Waals surface area contributed by atoms with Crippen LogP contribution in [0.5, 0.6) is 0 Å². The molecule has 0 saturated carbocycles. The predicted octanol–water partition coefficient (Wildman–Crippen LogP) is 7.19. The molecule has 5 nitrogen and oxygen atoms in total. The van der Waals surface area contributed by atoms with Gasteiger partial charge in [-0.25, -0.2) is 18.7 Å². The second-order valence-corrected chi connectivity index (χ2v) is 8.92. The number of unbranched alkanes of at least 4 members (excludes halogenated alkanes) is 1. The van der Waals surface area contributed by atoms with Gasteiger partial charge in [0, 0.05) is 11.8 Å². The van der Waals surface area contributed by atoms with Crippen LogP contribution in [0.1, 0.15) is 36.5 Å². The van der Waals surface area contributed by atoms with Crippen molar-refractivity contribution < 1.29 is 22.0 Å². The number of nitrogens with zero attached hydrogens (tertiary/aromatic N) is 5. The molecule has 0 atom stereocenters. The van der Waals surface area contributed by atoms with E-state index in [9.17, 15) is 22.0 Å². The number of hydrogen-bond donors (Lipinski definition) is 0. The summed E-state index contributed by atoms with van der Waals surface area (Å²) in [6, 6.07) is 11.6. The SMILES string of the molecule is CCCCc1ccc(-c2ccc(Cn3cc4nc(-c5cccc(F)c5F)nc-4cn3)cn2)cc1C(F)(F)F. The van der Waals surface area contributed by atoms with Crippen LogP contribution in [0.4, 0.5) is 22.0 Å². The first-order valence-corrected chi connectivity index (χ1v) is 12.0. The van der Waals surface area contributed by atoms with Crippen molar-refractivity contribution in [2.24, 2.45) is 0 Å². The molecule has 3 heterocycles. The first kappa shape index (κ1) is 25.4. The zero-order valence-electron chi connectivity index (χ0n) is 20.3. The number of rotatable bonds is 7. The third kappa shape index (κ3) is 5.25. The summed E-state index contributed by atoms with van der Waals surface area (Å²) in [4.78, 5) is 12.9. The second-order valence-electron chi connectivity index (χ2n) is 8.92. The highest BCUT2D eigenvalue weighted by Crippen LogP contribution is 2.35. The molecule has 0 aliphatic carbocycles. The number of pyridine rings is 1. The monoisotopic (exact) mass is 523 g/mol. The highest BCUT2D eigenvalue weighted by Gasteiger charge is 2.33. The molecular weight excluding hydrogens is 501 g/mol. The molecule has 0 fully saturated rings. The van der Waals surface area contributed by atoms with Gasteiger partial charge in [0.2, 0.25) is 0 Å². The van der Waals surface area contributed by atoms with E-state index in [0.717, 1.165) is 24.1 Å². The van der Waals surface area contributed by atoms with Gasteiger partial charge in [0.25, 0.3) is 0 Å². The number of alkyl halides is 3. The molecule has 0 saturated heterocycles. The van der Waals surface area contributed by atoms with Crippen LogP contribution < -0.4 is 0 Å². The number of halogens is 5. The van der Waals surface area contributed by atoms with Gasteiger partial charge in [0.05, 0.1) is 35.8 Å². The lowest BCUT2D eigenvalue weighted by Gasteiger charge is -2.14. The summed E-state index contributed by atoms with van der Waals surface area (Å²) in [5, 5.41) is 4.30. The number of aryl methyl sites for hydroxylation is 1. The lowest BCUT2D eigenvalue weighted by atomic mass is 9.97. The van der Waals surface area contributed by atoms with Crippen molar-refractivity contribution in [1.82, 2.24) is 24.7 Å². The second kappa shape index (κ2) is 10.3. The van der Waals surface area contributed by atoms with E-state index >= 15 is 0 Å². The quantitative estimate of drug-likeness (QED) is 0.212. The molecule has 3 aromatic rings. The van der Waals surface area contributed by atoms with Gasteiger partial charge >= 0.3 is 6.18 Å². The number of benzene rings is 2. The maximum atomic E-state index is 14.1. The normalized spacial score (nSPS) is 11.8. The summed E-state index contributed by atoms with van der Waals surface area (Å²) in [5.74, 6) is -1.95. The molecule has 194 valence electrons. The Kier molecular flexibility index (Phi) is 6.88. The lowest BCUT2D eigenvalue weighted by Crippen LogP contribution is -2.10. The van der Waals surface area contributed by atoms with Crippen LogP contribution in [0.3, 0.4) is 0 Å². The van der Waals surface area contributed by atoms with Gasteiger partial charge in [-0.2, -0.15) is 18.3 Å². The highest BCUT2D eigenvalue weighted by atomic mass is 19.4. The highest BCUT2D eigenvalue weighted by molar-refractivity contribution is 5.65. The van der Waals surface area contributed by atoms with Crippen LogP contribution >= 0.6 is 0 Å². The molecule has 10 heteroatoms. The molecule has 5 rings (SSSR count). The average molecular weight is 524 g/mol. The maximum Gasteiger partial charge on any atom is 0.416 e. The Morgan fingerprint density at radius 2 is 1.71 bits per heavy atom. The molecule has 0 amide bonds. The topological polar surface area (TPSA) is 56.5 Å². The zero-order valence-corrected chi connectivity index (χ0v) is 20.3. The van der Waals surface area contributed by atoms with Crippen molar-refractivity contribution in [3.8, 4) is 34.0 Å². The Labute approximate surface area is 215 Å². The molecular formula is C28H22F5N5. The van der Waals surface area contributed by atoms with Crippen LogP contribution in [-0.4, -0.2) is 24.7 Å². The summed E-state index contributed by atoms with van der Waals surface area (Å²) in [5.41, 5.74) is 2.07. The van der Waals surface area contributed by atoms with E-state index in [0.29, 0.717) is 42.0 Å². The molecule has 2 aliphatic rings. The van der Waals surface area contributed by atoms with Crippen molar-refractivity contribution in [1.29, 1.82) is 0 Å². The maximum absolute atomic E-state index is 14.1. The predicted molar refractivity (Wildman–Crippen MR) is 132 cm³/mol.